The molecule has 0 spiro atoms. The van der Waals surface area contributed by atoms with Crippen LogP contribution in [0.5, 0.6) is 0 Å². The summed E-state index contributed by atoms with van der Waals surface area (Å²) in [6.45, 7) is 5.69. The van der Waals surface area contributed by atoms with Crippen molar-refractivity contribution >= 4 is 11.6 Å². The first-order valence-electron chi connectivity index (χ1n) is 11.1. The van der Waals surface area contributed by atoms with Gasteiger partial charge in [0.25, 0.3) is 0 Å². The lowest BCUT2D eigenvalue weighted by molar-refractivity contribution is 0.0980. The van der Waals surface area contributed by atoms with Crippen LogP contribution in [0.3, 0.4) is 0 Å². The third kappa shape index (κ3) is 3.08. The fraction of sp³-hybridized carbons (Fsp3) is 0.133. The van der Waals surface area contributed by atoms with E-state index >= 15 is 0 Å². The normalized spacial score (nSPS) is 12.5. The first-order chi connectivity index (χ1) is 16.0. The third-order valence-corrected chi connectivity index (χ3v) is 6.74. The highest BCUT2D eigenvalue weighted by atomic mass is 16.3. The highest BCUT2D eigenvalue weighted by molar-refractivity contribution is 6.32. The Morgan fingerprint density at radius 2 is 0.939 bits per heavy atom. The van der Waals surface area contributed by atoms with Gasteiger partial charge in [-0.05, 0) is 65.3 Å². The molecular formula is C30H24O3. The van der Waals surface area contributed by atoms with Crippen molar-refractivity contribution in [2.24, 2.45) is 0 Å². The van der Waals surface area contributed by atoms with Gasteiger partial charge in [0, 0.05) is 22.3 Å². The SMILES string of the molecule is Cc1ccccc1-c1c(C)c(CO)c(-c2ccccc2C)c2c1C(=O)c1ccccc1C2=O. The predicted molar refractivity (Wildman–Crippen MR) is 131 cm³/mol. The van der Waals surface area contributed by atoms with Crippen LogP contribution < -0.4 is 0 Å². The highest BCUT2D eigenvalue weighted by Gasteiger charge is 2.37. The van der Waals surface area contributed by atoms with E-state index in [1.807, 2.05) is 69.3 Å². The molecule has 0 amide bonds. The molecule has 0 radical (unpaired) electrons. The predicted octanol–water partition coefficient (Wildman–Crippen LogP) is 6.21. The molecule has 5 rings (SSSR count). The number of hydrogen-bond acceptors (Lipinski definition) is 3. The van der Waals surface area contributed by atoms with Crippen LogP contribution in [-0.2, 0) is 6.61 Å². The van der Waals surface area contributed by atoms with Gasteiger partial charge in [0.2, 0.25) is 0 Å². The summed E-state index contributed by atoms with van der Waals surface area (Å²) < 4.78 is 0. The molecule has 0 saturated carbocycles. The van der Waals surface area contributed by atoms with Gasteiger partial charge in [-0.3, -0.25) is 9.59 Å². The molecule has 33 heavy (non-hydrogen) atoms. The minimum Gasteiger partial charge on any atom is -0.392 e. The number of aliphatic hydroxyl groups excluding tert-OH is 1. The van der Waals surface area contributed by atoms with Gasteiger partial charge < -0.3 is 5.11 Å². The molecule has 3 nitrogen and oxygen atoms in total. The second-order valence-corrected chi connectivity index (χ2v) is 8.60. The van der Waals surface area contributed by atoms with Gasteiger partial charge in [-0.1, -0.05) is 72.8 Å². The molecule has 0 unspecified atom stereocenters. The molecule has 162 valence electrons. The van der Waals surface area contributed by atoms with Crippen LogP contribution >= 0.6 is 0 Å². The molecule has 0 bridgehead atoms. The van der Waals surface area contributed by atoms with E-state index < -0.39 is 0 Å². The molecule has 0 aromatic heterocycles. The van der Waals surface area contributed by atoms with Gasteiger partial charge in [0.15, 0.2) is 11.6 Å². The van der Waals surface area contributed by atoms with Gasteiger partial charge >= 0.3 is 0 Å². The number of hydrogen-bond donors (Lipinski definition) is 1. The van der Waals surface area contributed by atoms with E-state index in [1.165, 1.54) is 0 Å². The molecule has 0 fully saturated rings. The van der Waals surface area contributed by atoms with Crippen molar-refractivity contribution in [2.75, 3.05) is 0 Å². The smallest absolute Gasteiger partial charge is 0.195 e. The fourth-order valence-electron chi connectivity index (χ4n) is 5.07. The number of fused-ring (bicyclic) bond motifs is 2. The summed E-state index contributed by atoms with van der Waals surface area (Å²) in [5, 5.41) is 10.5. The van der Waals surface area contributed by atoms with Crippen molar-refractivity contribution in [2.45, 2.75) is 27.4 Å². The molecule has 0 aliphatic heterocycles. The van der Waals surface area contributed by atoms with Crippen LogP contribution in [0.15, 0.2) is 72.8 Å². The van der Waals surface area contributed by atoms with Crippen LogP contribution in [0.25, 0.3) is 22.3 Å². The molecule has 0 atom stereocenters. The lowest BCUT2D eigenvalue weighted by Crippen LogP contribution is -2.24. The number of ketones is 2. The molecule has 1 aliphatic rings. The summed E-state index contributed by atoms with van der Waals surface area (Å²) in [6, 6.07) is 22.7. The third-order valence-electron chi connectivity index (χ3n) is 6.74. The average molecular weight is 433 g/mol. The molecule has 3 heteroatoms. The Bertz CT molecular complexity index is 1460. The van der Waals surface area contributed by atoms with Crippen molar-refractivity contribution in [1.82, 2.24) is 0 Å². The monoisotopic (exact) mass is 432 g/mol. The van der Waals surface area contributed by atoms with Crippen molar-refractivity contribution in [1.29, 1.82) is 0 Å². The van der Waals surface area contributed by atoms with Gasteiger partial charge in [0.1, 0.15) is 0 Å². The second-order valence-electron chi connectivity index (χ2n) is 8.60. The van der Waals surface area contributed by atoms with Crippen molar-refractivity contribution in [3.63, 3.8) is 0 Å². The minimum atomic E-state index is -0.231. The molecule has 1 aliphatic carbocycles. The maximum Gasteiger partial charge on any atom is 0.195 e. The number of aliphatic hydroxyl groups is 1. The zero-order valence-corrected chi connectivity index (χ0v) is 18.9. The van der Waals surface area contributed by atoms with E-state index in [-0.39, 0.29) is 18.2 Å². The van der Waals surface area contributed by atoms with Crippen molar-refractivity contribution < 1.29 is 14.7 Å². The lowest BCUT2D eigenvalue weighted by Gasteiger charge is -2.28. The summed E-state index contributed by atoms with van der Waals surface area (Å²) >= 11 is 0. The van der Waals surface area contributed by atoms with E-state index in [1.54, 1.807) is 24.3 Å². The Kier molecular flexibility index (Phi) is 5.07. The van der Waals surface area contributed by atoms with Gasteiger partial charge in [-0.25, -0.2) is 0 Å². The Morgan fingerprint density at radius 3 is 1.39 bits per heavy atom. The zero-order chi connectivity index (χ0) is 23.3. The topological polar surface area (TPSA) is 54.4 Å². The number of rotatable bonds is 3. The maximum atomic E-state index is 14.0. The molecular weight excluding hydrogens is 408 g/mol. The molecule has 1 N–H and O–H groups in total. The van der Waals surface area contributed by atoms with Crippen LogP contribution in [0.1, 0.15) is 54.1 Å². The zero-order valence-electron chi connectivity index (χ0n) is 18.9. The van der Waals surface area contributed by atoms with Crippen LogP contribution in [-0.4, -0.2) is 16.7 Å². The van der Waals surface area contributed by atoms with Gasteiger partial charge in [-0.2, -0.15) is 0 Å². The molecule has 4 aromatic rings. The largest absolute Gasteiger partial charge is 0.392 e. The van der Waals surface area contributed by atoms with Crippen molar-refractivity contribution in [3.05, 3.63) is 117 Å². The lowest BCUT2D eigenvalue weighted by atomic mass is 9.73. The summed E-state index contributed by atoms with van der Waals surface area (Å²) in [4.78, 5) is 27.9. The Labute approximate surface area is 193 Å². The Hall–Kier alpha value is -3.82. The molecule has 0 saturated heterocycles. The van der Waals surface area contributed by atoms with E-state index in [9.17, 15) is 14.7 Å². The number of carbonyl (C=O) groups is 2. The first kappa shape index (κ1) is 21.0. The number of benzene rings is 4. The quantitative estimate of drug-likeness (QED) is 0.369. The fourth-order valence-corrected chi connectivity index (χ4v) is 5.07. The summed E-state index contributed by atoms with van der Waals surface area (Å²) in [6.07, 6.45) is 0. The van der Waals surface area contributed by atoms with Crippen LogP contribution in [0.4, 0.5) is 0 Å². The summed E-state index contributed by atoms with van der Waals surface area (Å²) in [5.41, 5.74) is 8.31. The van der Waals surface area contributed by atoms with Crippen LogP contribution in [0, 0.1) is 20.8 Å². The highest BCUT2D eigenvalue weighted by Crippen LogP contribution is 2.45. The maximum absolute atomic E-state index is 14.0. The standard InChI is InChI=1S/C30H24O3/c1-17-10-4-6-12-20(17)25-19(3)24(16-31)26(21-13-7-5-11-18(21)2)28-27(25)29(32)22-14-8-9-15-23(22)30(28)33/h4-15,31H,16H2,1-3H3. The molecule has 0 heterocycles. The van der Waals surface area contributed by atoms with Gasteiger partial charge in [-0.15, -0.1) is 0 Å². The summed E-state index contributed by atoms with van der Waals surface area (Å²) in [7, 11) is 0. The van der Waals surface area contributed by atoms with E-state index in [2.05, 4.69) is 0 Å². The molecule has 4 aromatic carbocycles. The minimum absolute atomic E-state index is 0.152. The number of aryl methyl sites for hydroxylation is 2. The van der Waals surface area contributed by atoms with Crippen molar-refractivity contribution in [3.8, 4) is 22.3 Å². The van der Waals surface area contributed by atoms with Gasteiger partial charge in [0.05, 0.1) is 6.61 Å². The Balaban J connectivity index is 2.01. The van der Waals surface area contributed by atoms with E-state index in [0.717, 1.165) is 33.4 Å². The summed E-state index contributed by atoms with van der Waals surface area (Å²) in [5.74, 6) is -0.330. The number of carbonyl (C=O) groups excluding carboxylic acids is 2. The first-order valence-corrected chi connectivity index (χ1v) is 11.1. The average Bonchev–Trinajstić information content (AvgIpc) is 2.83. The van der Waals surface area contributed by atoms with E-state index in [4.69, 9.17) is 0 Å². The van der Waals surface area contributed by atoms with Crippen LogP contribution in [0.2, 0.25) is 0 Å². The Morgan fingerprint density at radius 1 is 0.545 bits per heavy atom. The second kappa shape index (κ2) is 7.95. The van der Waals surface area contributed by atoms with E-state index in [0.29, 0.717) is 33.4 Å².